The third kappa shape index (κ3) is 8.42. The predicted octanol–water partition coefficient (Wildman–Crippen LogP) is 11.5. The number of H-pyrrole nitrogens is 4. The van der Waals surface area contributed by atoms with Gasteiger partial charge in [-0.2, -0.15) is 26.3 Å². The van der Waals surface area contributed by atoms with E-state index in [-0.39, 0.29) is 22.8 Å². The molecule has 12 heteroatoms. The van der Waals surface area contributed by atoms with Crippen LogP contribution in [0.25, 0.3) is 0 Å². The molecule has 8 bridgehead atoms. The maximum atomic E-state index is 15.1. The summed E-state index contributed by atoms with van der Waals surface area (Å²) in [6.07, 6.45) is -9.37. The van der Waals surface area contributed by atoms with E-state index in [0.717, 1.165) is 11.1 Å². The van der Waals surface area contributed by atoms with Gasteiger partial charge in [0.2, 0.25) is 0 Å². The first-order chi connectivity index (χ1) is 26.2. The van der Waals surface area contributed by atoms with Crippen LogP contribution in [0, 0.1) is 22.9 Å². The van der Waals surface area contributed by atoms with Crippen LogP contribution in [0.1, 0.15) is 91.5 Å². The standard InChI is InChI=1S/C44H42F6N4Si2/c1-55(2,3)25-23-27-7-11-29(12-8-27)39-31-15-19-35(51-31)41(43(45,46)47)37-21-17-33(53-37)40(30-13-9-28(10-14-30)24-26-56(4,5)6)34-18-22-38(54-34)42(44(48,49)50)36-20-16-32(39)52-36/h7-22,39-42,51-54H,1-6H3. The second-order valence-electron chi connectivity index (χ2n) is 16.5. The van der Waals surface area contributed by atoms with Crippen molar-refractivity contribution in [3.8, 4) is 22.9 Å². The molecule has 0 spiro atoms. The summed E-state index contributed by atoms with van der Waals surface area (Å²) in [7, 11) is -3.34. The van der Waals surface area contributed by atoms with E-state index in [1.807, 2.05) is 48.5 Å². The Morgan fingerprint density at radius 3 is 0.875 bits per heavy atom. The Hall–Kier alpha value is -5.31. The monoisotopic (exact) mass is 796 g/mol. The largest absolute Gasteiger partial charge is 0.402 e. The van der Waals surface area contributed by atoms with Gasteiger partial charge < -0.3 is 19.9 Å². The maximum Gasteiger partial charge on any atom is 0.402 e. The highest BCUT2D eigenvalue weighted by Gasteiger charge is 2.46. The number of alkyl halides is 6. The molecule has 0 aliphatic carbocycles. The van der Waals surface area contributed by atoms with Crippen molar-refractivity contribution in [1.82, 2.24) is 19.9 Å². The van der Waals surface area contributed by atoms with Gasteiger partial charge in [-0.15, -0.1) is 11.1 Å². The van der Waals surface area contributed by atoms with Crippen molar-refractivity contribution >= 4 is 16.1 Å². The Balaban J connectivity index is 1.40. The summed E-state index contributed by atoms with van der Waals surface area (Å²) in [5, 5.41) is 0. The quantitative estimate of drug-likeness (QED) is 0.0766. The highest BCUT2D eigenvalue weighted by molar-refractivity contribution is 6.84. The molecule has 0 unspecified atom stereocenters. The van der Waals surface area contributed by atoms with Gasteiger partial charge in [0.05, 0.1) is 11.8 Å². The lowest BCUT2D eigenvalue weighted by Gasteiger charge is -2.22. The predicted molar refractivity (Wildman–Crippen MR) is 214 cm³/mol. The number of nitrogens with one attached hydrogen (secondary N) is 4. The third-order valence-electron chi connectivity index (χ3n) is 9.72. The second kappa shape index (κ2) is 14.3. The van der Waals surface area contributed by atoms with Gasteiger partial charge in [0.15, 0.2) is 0 Å². The zero-order valence-electron chi connectivity index (χ0n) is 31.8. The number of hydrogen-bond acceptors (Lipinski definition) is 0. The molecule has 1 aliphatic rings. The molecule has 0 fully saturated rings. The molecule has 4 N–H and O–H groups in total. The lowest BCUT2D eigenvalue weighted by atomic mass is 9.92. The summed E-state index contributed by atoms with van der Waals surface area (Å²) in [6, 6.07) is 26.5. The Bertz CT molecular complexity index is 2200. The molecule has 0 saturated heterocycles. The second-order valence-corrected chi connectivity index (χ2v) is 26.0. The molecule has 2 aromatic carbocycles. The van der Waals surface area contributed by atoms with Gasteiger partial charge >= 0.3 is 12.4 Å². The van der Waals surface area contributed by atoms with E-state index in [9.17, 15) is 0 Å². The zero-order chi connectivity index (χ0) is 40.2. The molecule has 7 rings (SSSR count). The van der Waals surface area contributed by atoms with Crippen molar-refractivity contribution in [2.24, 2.45) is 0 Å². The van der Waals surface area contributed by atoms with E-state index in [2.05, 4.69) is 82.1 Å². The molecule has 4 nitrogen and oxygen atoms in total. The van der Waals surface area contributed by atoms with Crippen LogP contribution in [0.5, 0.6) is 0 Å². The van der Waals surface area contributed by atoms with Gasteiger partial charge in [0.25, 0.3) is 0 Å². The van der Waals surface area contributed by atoms with Crippen molar-refractivity contribution in [2.75, 3.05) is 0 Å². The first kappa shape index (κ1) is 38.9. The summed E-state index contributed by atoms with van der Waals surface area (Å²) >= 11 is 0. The molecular formula is C44H42F6N4Si2. The minimum absolute atomic E-state index is 0.0976. The Labute approximate surface area is 324 Å². The fourth-order valence-electron chi connectivity index (χ4n) is 7.20. The number of benzene rings is 2. The smallest absolute Gasteiger partial charge is 0.361 e. The molecule has 1 aliphatic heterocycles. The number of aromatic amines is 4. The zero-order valence-corrected chi connectivity index (χ0v) is 33.8. The van der Waals surface area contributed by atoms with Crippen molar-refractivity contribution < 1.29 is 26.3 Å². The fourth-order valence-corrected chi connectivity index (χ4v) is 8.23. The van der Waals surface area contributed by atoms with Crippen molar-refractivity contribution in [1.29, 1.82) is 0 Å². The number of fused-ring (bicyclic) bond motifs is 8. The number of halogens is 6. The van der Waals surface area contributed by atoms with Crippen LogP contribution in [-0.2, 0) is 0 Å². The van der Waals surface area contributed by atoms with Gasteiger partial charge in [0.1, 0.15) is 28.0 Å². The summed E-state index contributed by atoms with van der Waals surface area (Å²) in [6.45, 7) is 12.8. The lowest BCUT2D eigenvalue weighted by Crippen LogP contribution is -2.23. The van der Waals surface area contributed by atoms with Crippen molar-refractivity contribution in [2.45, 2.75) is 75.3 Å². The molecule has 0 amide bonds. The van der Waals surface area contributed by atoms with E-state index in [1.54, 1.807) is 24.3 Å². The molecule has 6 aromatic rings. The number of aromatic nitrogens is 4. The van der Waals surface area contributed by atoms with Crippen LogP contribution in [0.15, 0.2) is 97.1 Å². The molecular weight excluding hydrogens is 755 g/mol. The summed E-state index contributed by atoms with van der Waals surface area (Å²) in [5.74, 6) is 0.848. The van der Waals surface area contributed by atoms with Crippen LogP contribution >= 0.6 is 0 Å². The fraction of sp³-hybridized carbons (Fsp3) is 0.273. The minimum atomic E-state index is -4.69. The Kier molecular flexibility index (Phi) is 9.96. The molecule has 0 atom stereocenters. The van der Waals surface area contributed by atoms with Gasteiger partial charge in [-0.25, -0.2) is 0 Å². The highest BCUT2D eigenvalue weighted by atomic mass is 28.3. The Morgan fingerprint density at radius 1 is 0.393 bits per heavy atom. The molecule has 0 radical (unpaired) electrons. The average Bonchev–Trinajstić information content (AvgIpc) is 3.93. The van der Waals surface area contributed by atoms with Crippen LogP contribution < -0.4 is 0 Å². The van der Waals surface area contributed by atoms with Gasteiger partial charge in [0, 0.05) is 56.7 Å². The first-order valence-corrected chi connectivity index (χ1v) is 25.4. The van der Waals surface area contributed by atoms with E-state index in [0.29, 0.717) is 33.9 Å². The topological polar surface area (TPSA) is 63.2 Å². The molecule has 56 heavy (non-hydrogen) atoms. The summed E-state index contributed by atoms with van der Waals surface area (Å²) in [5.41, 5.74) is 10.7. The van der Waals surface area contributed by atoms with E-state index in [1.165, 1.54) is 24.3 Å². The third-order valence-corrected chi connectivity index (χ3v) is 11.5. The van der Waals surface area contributed by atoms with Crippen LogP contribution in [0.4, 0.5) is 26.3 Å². The van der Waals surface area contributed by atoms with E-state index < -0.39 is 52.2 Å². The van der Waals surface area contributed by atoms with E-state index >= 15 is 26.3 Å². The summed E-state index contributed by atoms with van der Waals surface area (Å²) < 4.78 is 90.9. The Morgan fingerprint density at radius 2 is 0.643 bits per heavy atom. The van der Waals surface area contributed by atoms with Gasteiger partial charge in [-0.3, -0.25) is 0 Å². The van der Waals surface area contributed by atoms with E-state index in [4.69, 9.17) is 0 Å². The SMILES string of the molecule is C[Si](C)(C)C#Cc1ccc(C2c3ccc([nH]3)C(C(F)(F)F)c3ccc([nH]3)C(c3ccc(C#C[Si](C)(C)C)cc3)c3ccc([nH]3)C(C(F)(F)F)c3ccc2[nH]3)cc1. The highest BCUT2D eigenvalue weighted by Crippen LogP contribution is 2.45. The lowest BCUT2D eigenvalue weighted by molar-refractivity contribution is -0.143. The van der Waals surface area contributed by atoms with Gasteiger partial charge in [-0.1, -0.05) is 75.4 Å². The molecule has 288 valence electrons. The van der Waals surface area contributed by atoms with Crippen LogP contribution in [0.2, 0.25) is 39.3 Å². The number of hydrogen-bond donors (Lipinski definition) is 4. The molecule has 0 saturated carbocycles. The minimum Gasteiger partial charge on any atom is -0.361 e. The van der Waals surface area contributed by atoms with Crippen molar-refractivity contribution in [3.05, 3.63) is 165 Å². The first-order valence-electron chi connectivity index (χ1n) is 18.4. The molecule has 4 aromatic heterocycles. The average molecular weight is 797 g/mol. The maximum absolute atomic E-state index is 15.1. The van der Waals surface area contributed by atoms with Crippen molar-refractivity contribution in [3.63, 3.8) is 0 Å². The van der Waals surface area contributed by atoms with Crippen LogP contribution in [0.3, 0.4) is 0 Å². The van der Waals surface area contributed by atoms with Gasteiger partial charge in [-0.05, 0) is 83.9 Å². The summed E-state index contributed by atoms with van der Waals surface area (Å²) in [4.78, 5) is 12.2. The van der Waals surface area contributed by atoms with Crippen LogP contribution in [-0.4, -0.2) is 48.4 Å². The normalized spacial score (nSPS) is 18.8. The molecule has 5 heterocycles. The number of rotatable bonds is 2.